The van der Waals surface area contributed by atoms with Gasteiger partial charge in [-0.1, -0.05) is 18.2 Å². The second-order valence-electron chi connectivity index (χ2n) is 5.25. The number of amides is 1. The van der Waals surface area contributed by atoms with E-state index in [4.69, 9.17) is 9.15 Å². The van der Waals surface area contributed by atoms with Gasteiger partial charge in [0.05, 0.1) is 18.9 Å². The van der Waals surface area contributed by atoms with Gasteiger partial charge in [-0.2, -0.15) is 0 Å². The highest BCUT2D eigenvalue weighted by atomic mass is 16.5. The summed E-state index contributed by atoms with van der Waals surface area (Å²) >= 11 is 0. The van der Waals surface area contributed by atoms with Crippen LogP contribution in [0.1, 0.15) is 17.4 Å². The van der Waals surface area contributed by atoms with E-state index >= 15 is 0 Å². The molecule has 0 saturated carbocycles. The van der Waals surface area contributed by atoms with E-state index in [-0.39, 0.29) is 12.5 Å². The quantitative estimate of drug-likeness (QED) is 0.676. The summed E-state index contributed by atoms with van der Waals surface area (Å²) in [5, 5.41) is 0. The first kappa shape index (κ1) is 15.9. The first-order valence-electron chi connectivity index (χ1n) is 7.66. The Bertz CT molecular complexity index is 864. The van der Waals surface area contributed by atoms with Crippen LogP contribution < -0.4 is 4.90 Å². The highest BCUT2D eigenvalue weighted by molar-refractivity contribution is 5.97. The molecule has 0 radical (unpaired) electrons. The second-order valence-corrected chi connectivity index (χ2v) is 5.25. The number of benzene rings is 1. The van der Waals surface area contributed by atoms with E-state index in [1.165, 1.54) is 13.4 Å². The number of fused-ring (bicyclic) bond motifs is 1. The lowest BCUT2D eigenvalue weighted by Crippen LogP contribution is -2.34. The standard InChI is InChI=1S/C18H18N2O4/c1-3-19(13-7-5-4-6-8-13)17(21)12-20-14-9-10-24-16(14)11-15(20)18(22)23-2/h4-11H,3,12H2,1-2H3. The second kappa shape index (κ2) is 6.62. The highest BCUT2D eigenvalue weighted by Gasteiger charge is 2.22. The number of carbonyl (C=O) groups is 2. The molecule has 3 aromatic rings. The molecule has 0 bridgehead atoms. The number of nitrogens with zero attached hydrogens (tertiary/aromatic N) is 2. The van der Waals surface area contributed by atoms with Crippen molar-refractivity contribution in [2.24, 2.45) is 0 Å². The Morgan fingerprint density at radius 1 is 1.21 bits per heavy atom. The predicted molar refractivity (Wildman–Crippen MR) is 90.0 cm³/mol. The number of likely N-dealkylation sites (N-methyl/N-ethyl adjacent to an activating group) is 1. The van der Waals surface area contributed by atoms with E-state index in [0.29, 0.717) is 23.3 Å². The Labute approximate surface area is 139 Å². The lowest BCUT2D eigenvalue weighted by atomic mass is 10.3. The minimum absolute atomic E-state index is 0.0240. The molecule has 3 rings (SSSR count). The summed E-state index contributed by atoms with van der Waals surface area (Å²) in [6.07, 6.45) is 1.53. The molecule has 24 heavy (non-hydrogen) atoms. The molecule has 0 unspecified atom stereocenters. The van der Waals surface area contributed by atoms with Crippen LogP contribution in [0.3, 0.4) is 0 Å². The fourth-order valence-electron chi connectivity index (χ4n) is 2.75. The van der Waals surface area contributed by atoms with Crippen molar-refractivity contribution in [3.05, 3.63) is 54.4 Å². The highest BCUT2D eigenvalue weighted by Crippen LogP contribution is 2.23. The number of hydrogen-bond acceptors (Lipinski definition) is 4. The van der Waals surface area contributed by atoms with Gasteiger partial charge in [0.25, 0.3) is 0 Å². The minimum Gasteiger partial charge on any atom is -0.464 e. The van der Waals surface area contributed by atoms with Crippen LogP contribution >= 0.6 is 0 Å². The van der Waals surface area contributed by atoms with Crippen molar-refractivity contribution in [2.75, 3.05) is 18.6 Å². The van der Waals surface area contributed by atoms with Crippen LogP contribution in [0.25, 0.3) is 11.1 Å². The maximum Gasteiger partial charge on any atom is 0.354 e. The SMILES string of the molecule is CCN(C(=O)Cn1c(C(=O)OC)cc2occc21)c1ccccc1. The van der Waals surface area contributed by atoms with Crippen molar-refractivity contribution >= 4 is 28.7 Å². The van der Waals surface area contributed by atoms with Crippen molar-refractivity contribution in [1.29, 1.82) is 0 Å². The van der Waals surface area contributed by atoms with E-state index in [0.717, 1.165) is 5.69 Å². The molecular weight excluding hydrogens is 308 g/mol. The van der Waals surface area contributed by atoms with Crippen LogP contribution in [0, 0.1) is 0 Å². The number of aromatic nitrogens is 1. The molecule has 0 aliphatic rings. The molecule has 0 N–H and O–H groups in total. The molecule has 0 fully saturated rings. The van der Waals surface area contributed by atoms with Crippen LogP contribution in [0.2, 0.25) is 0 Å². The van der Waals surface area contributed by atoms with Crippen LogP contribution in [0.5, 0.6) is 0 Å². The molecule has 1 aromatic carbocycles. The zero-order valence-corrected chi connectivity index (χ0v) is 13.6. The molecule has 1 amide bonds. The van der Waals surface area contributed by atoms with Gasteiger partial charge in [-0.25, -0.2) is 4.79 Å². The van der Waals surface area contributed by atoms with Gasteiger partial charge in [0.2, 0.25) is 5.91 Å². The molecule has 0 spiro atoms. The summed E-state index contributed by atoms with van der Waals surface area (Å²) in [5.41, 5.74) is 2.35. The fraction of sp³-hybridized carbons (Fsp3) is 0.222. The Hall–Kier alpha value is -3.02. The Morgan fingerprint density at radius 2 is 1.96 bits per heavy atom. The number of hydrogen-bond donors (Lipinski definition) is 0. The molecule has 2 aromatic heterocycles. The van der Waals surface area contributed by atoms with Gasteiger partial charge in [-0.3, -0.25) is 4.79 Å². The summed E-state index contributed by atoms with van der Waals surface area (Å²) in [6.45, 7) is 2.47. The molecule has 124 valence electrons. The normalized spacial score (nSPS) is 10.8. The molecule has 0 aliphatic heterocycles. The van der Waals surface area contributed by atoms with Crippen molar-refractivity contribution < 1.29 is 18.7 Å². The van der Waals surface area contributed by atoms with Crippen LogP contribution in [0.4, 0.5) is 5.69 Å². The summed E-state index contributed by atoms with van der Waals surface area (Å²) < 4.78 is 11.8. The number of methoxy groups -OCH3 is 1. The number of carbonyl (C=O) groups excluding carboxylic acids is 2. The number of anilines is 1. The first-order valence-corrected chi connectivity index (χ1v) is 7.66. The Kier molecular flexibility index (Phi) is 4.37. The third-order valence-corrected chi connectivity index (χ3v) is 3.90. The van der Waals surface area contributed by atoms with Gasteiger partial charge in [0, 0.05) is 24.4 Å². The number of para-hydroxylation sites is 1. The maximum absolute atomic E-state index is 12.8. The molecule has 6 heteroatoms. The van der Waals surface area contributed by atoms with Crippen LogP contribution in [-0.4, -0.2) is 30.1 Å². The van der Waals surface area contributed by atoms with Gasteiger partial charge < -0.3 is 18.6 Å². The molecular formula is C18H18N2O4. The van der Waals surface area contributed by atoms with E-state index in [1.807, 2.05) is 37.3 Å². The number of furan rings is 1. The van der Waals surface area contributed by atoms with Crippen LogP contribution in [0.15, 0.2) is 53.1 Å². The number of ether oxygens (including phenoxy) is 1. The van der Waals surface area contributed by atoms with Crippen molar-refractivity contribution in [1.82, 2.24) is 4.57 Å². The third-order valence-electron chi connectivity index (χ3n) is 3.90. The smallest absolute Gasteiger partial charge is 0.354 e. The van der Waals surface area contributed by atoms with E-state index < -0.39 is 5.97 Å². The van der Waals surface area contributed by atoms with Crippen LogP contribution in [-0.2, 0) is 16.1 Å². The predicted octanol–water partition coefficient (Wildman–Crippen LogP) is 3.07. The lowest BCUT2D eigenvalue weighted by Gasteiger charge is -2.22. The van der Waals surface area contributed by atoms with Crippen molar-refractivity contribution in [2.45, 2.75) is 13.5 Å². The van der Waals surface area contributed by atoms with Gasteiger partial charge in [-0.05, 0) is 19.1 Å². The van der Waals surface area contributed by atoms with Gasteiger partial charge >= 0.3 is 5.97 Å². The first-order chi connectivity index (χ1) is 11.7. The van der Waals surface area contributed by atoms with Gasteiger partial charge in [0.15, 0.2) is 5.58 Å². The lowest BCUT2D eigenvalue weighted by molar-refractivity contribution is -0.119. The molecule has 0 aliphatic carbocycles. The summed E-state index contributed by atoms with van der Waals surface area (Å²) in [7, 11) is 1.31. The fourth-order valence-corrected chi connectivity index (χ4v) is 2.75. The Morgan fingerprint density at radius 3 is 2.62 bits per heavy atom. The zero-order chi connectivity index (χ0) is 17.1. The summed E-state index contributed by atoms with van der Waals surface area (Å²) in [6, 6.07) is 12.8. The maximum atomic E-state index is 12.8. The monoisotopic (exact) mass is 326 g/mol. The van der Waals surface area contributed by atoms with E-state index in [1.54, 1.807) is 21.6 Å². The van der Waals surface area contributed by atoms with Crippen molar-refractivity contribution in [3.63, 3.8) is 0 Å². The molecule has 0 atom stereocenters. The molecule has 6 nitrogen and oxygen atoms in total. The van der Waals surface area contributed by atoms with Gasteiger partial charge in [0.1, 0.15) is 12.2 Å². The topological polar surface area (TPSA) is 64.7 Å². The van der Waals surface area contributed by atoms with E-state index in [9.17, 15) is 9.59 Å². The zero-order valence-electron chi connectivity index (χ0n) is 13.6. The average molecular weight is 326 g/mol. The average Bonchev–Trinajstić information content (AvgIpc) is 3.18. The molecule has 0 saturated heterocycles. The summed E-state index contributed by atoms with van der Waals surface area (Å²) in [4.78, 5) is 26.4. The van der Waals surface area contributed by atoms with Gasteiger partial charge in [-0.15, -0.1) is 0 Å². The minimum atomic E-state index is -0.503. The number of esters is 1. The number of rotatable bonds is 5. The third kappa shape index (κ3) is 2.78. The molecule has 2 heterocycles. The van der Waals surface area contributed by atoms with Crippen molar-refractivity contribution in [3.8, 4) is 0 Å². The Balaban J connectivity index is 1.95. The summed E-state index contributed by atoms with van der Waals surface area (Å²) in [5.74, 6) is -0.621. The largest absolute Gasteiger partial charge is 0.464 e. The van der Waals surface area contributed by atoms with E-state index in [2.05, 4.69) is 0 Å².